The normalized spacial score (nSPS) is 11.1. The molecule has 7 heteroatoms. The second-order valence-corrected chi connectivity index (χ2v) is 12.1. The molecule has 226 valence electrons. The Morgan fingerprint density at radius 1 is 0.837 bits per heavy atom. The van der Waals surface area contributed by atoms with Gasteiger partial charge in [0.15, 0.2) is 0 Å². The molecular weight excluding hydrogens is 558 g/mol. The van der Waals surface area contributed by atoms with E-state index in [1.165, 1.54) is 43.4 Å². The lowest BCUT2D eigenvalue weighted by atomic mass is 9.90. The Balaban J connectivity index is 1.35. The van der Waals surface area contributed by atoms with Crippen molar-refractivity contribution in [2.45, 2.75) is 72.5 Å². The number of carbonyl (C=O) groups is 2. The fourth-order valence-electron chi connectivity index (χ4n) is 4.88. The van der Waals surface area contributed by atoms with Crippen molar-refractivity contribution in [3.63, 3.8) is 0 Å². The summed E-state index contributed by atoms with van der Waals surface area (Å²) in [4.78, 5) is 24.7. The van der Waals surface area contributed by atoms with Crippen LogP contribution in [0.25, 0.3) is 11.1 Å². The van der Waals surface area contributed by atoms with E-state index in [9.17, 15) is 14.7 Å². The number of carbonyl (C=O) groups excluding carboxylic acids is 1. The molecule has 2 N–H and O–H groups in total. The first kappa shape index (κ1) is 31.8. The van der Waals surface area contributed by atoms with Gasteiger partial charge in [0.2, 0.25) is 5.91 Å². The summed E-state index contributed by atoms with van der Waals surface area (Å²) in [6.07, 6.45) is 4.84. The van der Waals surface area contributed by atoms with E-state index in [2.05, 4.69) is 79.1 Å². The summed E-state index contributed by atoms with van der Waals surface area (Å²) in [6, 6.07) is 23.4. The molecule has 0 aliphatic rings. The molecule has 0 saturated heterocycles. The van der Waals surface area contributed by atoms with Gasteiger partial charge in [-0.3, -0.25) is 4.79 Å². The number of thiophene rings is 1. The third-order valence-corrected chi connectivity index (χ3v) is 8.26. The molecule has 0 aliphatic heterocycles. The van der Waals surface area contributed by atoms with Gasteiger partial charge in [0, 0.05) is 10.8 Å². The van der Waals surface area contributed by atoms with Crippen LogP contribution in [0, 0.1) is 5.92 Å². The van der Waals surface area contributed by atoms with Crippen LogP contribution in [0.5, 0.6) is 11.5 Å². The molecule has 0 spiro atoms. The molecule has 4 rings (SSSR count). The quantitative estimate of drug-likeness (QED) is 0.142. The molecule has 0 bridgehead atoms. The monoisotopic (exact) mass is 599 g/mol. The number of hydrogen-bond donors (Lipinski definition) is 2. The smallest absolute Gasteiger partial charge is 0.335 e. The number of rotatable bonds is 15. The van der Waals surface area contributed by atoms with Gasteiger partial charge in [-0.1, -0.05) is 76.9 Å². The van der Waals surface area contributed by atoms with Crippen LogP contribution >= 0.6 is 11.3 Å². The molecule has 1 aromatic heterocycles. The summed E-state index contributed by atoms with van der Waals surface area (Å²) in [7, 11) is 0. The molecule has 1 amide bonds. The number of ether oxygens (including phenoxy) is 2. The number of aromatic carboxylic acids is 1. The molecule has 6 nitrogen and oxygen atoms in total. The average Bonchev–Trinajstić information content (AvgIpc) is 3.49. The summed E-state index contributed by atoms with van der Waals surface area (Å²) in [6.45, 7) is 8.83. The molecule has 43 heavy (non-hydrogen) atoms. The second-order valence-electron chi connectivity index (χ2n) is 11.1. The number of carboxylic acid groups (broad SMARTS) is 1. The molecule has 0 atom stereocenters. The van der Waals surface area contributed by atoms with Gasteiger partial charge >= 0.3 is 5.97 Å². The fraction of sp³-hybridized carbons (Fsp3) is 0.333. The zero-order valence-electron chi connectivity index (χ0n) is 25.4. The van der Waals surface area contributed by atoms with Crippen LogP contribution in [-0.4, -0.2) is 17.0 Å². The van der Waals surface area contributed by atoms with E-state index in [0.717, 1.165) is 27.3 Å². The van der Waals surface area contributed by atoms with Gasteiger partial charge < -0.3 is 19.9 Å². The molecule has 0 fully saturated rings. The molecule has 0 radical (unpaired) electrons. The van der Waals surface area contributed by atoms with Crippen LogP contribution in [0.2, 0.25) is 0 Å². The Labute approximate surface area is 258 Å². The van der Waals surface area contributed by atoms with Crippen LogP contribution in [0.1, 0.15) is 85.7 Å². The van der Waals surface area contributed by atoms with Gasteiger partial charge in [-0.25, -0.2) is 4.79 Å². The number of amides is 1. The van der Waals surface area contributed by atoms with Crippen LogP contribution in [-0.2, 0) is 18.0 Å². The minimum atomic E-state index is -1.06. The van der Waals surface area contributed by atoms with Crippen molar-refractivity contribution in [3.8, 4) is 22.6 Å². The van der Waals surface area contributed by atoms with Crippen molar-refractivity contribution in [3.05, 3.63) is 99.7 Å². The summed E-state index contributed by atoms with van der Waals surface area (Å²) in [5, 5.41) is 14.3. The Kier molecular flexibility index (Phi) is 11.4. The van der Waals surface area contributed by atoms with Crippen molar-refractivity contribution < 1.29 is 24.2 Å². The zero-order chi connectivity index (χ0) is 30.8. The van der Waals surface area contributed by atoms with E-state index in [4.69, 9.17) is 9.47 Å². The van der Waals surface area contributed by atoms with E-state index in [1.54, 1.807) is 31.3 Å². The van der Waals surface area contributed by atoms with E-state index in [0.29, 0.717) is 24.0 Å². The highest BCUT2D eigenvalue weighted by Crippen LogP contribution is 2.31. The Morgan fingerprint density at radius 3 is 2.16 bits per heavy atom. The third-order valence-electron chi connectivity index (χ3n) is 7.35. The maximum atomic E-state index is 12.2. The zero-order valence-corrected chi connectivity index (χ0v) is 26.2. The van der Waals surface area contributed by atoms with E-state index >= 15 is 0 Å². The van der Waals surface area contributed by atoms with Gasteiger partial charge in [0.25, 0.3) is 0 Å². The Hall–Kier alpha value is -4.10. The third kappa shape index (κ3) is 8.94. The lowest BCUT2D eigenvalue weighted by Crippen LogP contribution is -2.18. The highest BCUT2D eigenvalue weighted by atomic mass is 32.1. The van der Waals surface area contributed by atoms with Crippen LogP contribution < -0.4 is 14.8 Å². The topological polar surface area (TPSA) is 84.9 Å². The molecule has 1 heterocycles. The van der Waals surface area contributed by atoms with Gasteiger partial charge in [-0.2, -0.15) is 0 Å². The lowest BCUT2D eigenvalue weighted by molar-refractivity contribution is -0.118. The Morgan fingerprint density at radius 2 is 1.53 bits per heavy atom. The average molecular weight is 600 g/mol. The predicted molar refractivity (Wildman–Crippen MR) is 174 cm³/mol. The fourth-order valence-corrected chi connectivity index (χ4v) is 5.69. The number of benzene rings is 3. The minimum absolute atomic E-state index is 0.0954. The van der Waals surface area contributed by atoms with Crippen LogP contribution in [0.3, 0.4) is 0 Å². The highest BCUT2D eigenvalue weighted by Gasteiger charge is 2.15. The predicted octanol–water partition coefficient (Wildman–Crippen LogP) is 9.55. The van der Waals surface area contributed by atoms with Crippen LogP contribution in [0.15, 0.2) is 78.2 Å². The molecule has 3 aromatic carbocycles. The first-order valence-corrected chi connectivity index (χ1v) is 15.9. The standard InChI is InChI=1S/C36H41NO5S/c1-5-7-26(8-6-2)27-13-16-31(17-14-27)41-21-25-9-11-28(12-10-25)30-19-32(43-23-30)22-42-34-20-29(36(39)40)15-18-33(34)37-35(38)24(3)4/h9-20,23-24,26H,5-8,21-22H2,1-4H3,(H,37,38)(H,39,40). The van der Waals surface area contributed by atoms with Crippen molar-refractivity contribution >= 4 is 28.9 Å². The molecule has 0 unspecified atom stereocenters. The molecular formula is C36H41NO5S. The number of carboxylic acids is 1. The van der Waals surface area contributed by atoms with Gasteiger partial charge in [-0.05, 0) is 82.8 Å². The maximum Gasteiger partial charge on any atom is 0.335 e. The molecule has 0 saturated carbocycles. The summed E-state index contributed by atoms with van der Waals surface area (Å²) in [5.41, 5.74) is 5.20. The van der Waals surface area contributed by atoms with Gasteiger partial charge in [0.05, 0.1) is 11.3 Å². The van der Waals surface area contributed by atoms with Crippen molar-refractivity contribution in [2.24, 2.45) is 5.92 Å². The van der Waals surface area contributed by atoms with Crippen molar-refractivity contribution in [2.75, 3.05) is 5.32 Å². The first-order valence-electron chi connectivity index (χ1n) is 15.0. The number of hydrogen-bond acceptors (Lipinski definition) is 5. The molecule has 4 aromatic rings. The minimum Gasteiger partial charge on any atom is -0.489 e. The first-order chi connectivity index (χ1) is 20.8. The van der Waals surface area contributed by atoms with Gasteiger partial charge in [-0.15, -0.1) is 11.3 Å². The Bertz CT molecular complexity index is 1490. The SMILES string of the molecule is CCCC(CCC)c1ccc(OCc2ccc(-c3csc(COc4cc(C(=O)O)ccc4NC(=O)C(C)C)c3)cc2)cc1. The summed E-state index contributed by atoms with van der Waals surface area (Å²) >= 11 is 1.57. The van der Waals surface area contributed by atoms with Gasteiger partial charge in [0.1, 0.15) is 24.7 Å². The number of anilines is 1. The van der Waals surface area contributed by atoms with Crippen LogP contribution in [0.4, 0.5) is 5.69 Å². The van der Waals surface area contributed by atoms with Crippen molar-refractivity contribution in [1.82, 2.24) is 0 Å². The lowest BCUT2D eigenvalue weighted by Gasteiger charge is -2.16. The van der Waals surface area contributed by atoms with Crippen molar-refractivity contribution in [1.29, 1.82) is 0 Å². The maximum absolute atomic E-state index is 12.2. The molecule has 0 aliphatic carbocycles. The largest absolute Gasteiger partial charge is 0.489 e. The van der Waals surface area contributed by atoms with E-state index < -0.39 is 5.97 Å². The highest BCUT2D eigenvalue weighted by molar-refractivity contribution is 7.10. The van der Waals surface area contributed by atoms with E-state index in [-0.39, 0.29) is 24.0 Å². The second kappa shape index (κ2) is 15.4. The van der Waals surface area contributed by atoms with E-state index in [1.807, 2.05) is 0 Å². The summed E-state index contributed by atoms with van der Waals surface area (Å²) < 4.78 is 12.1. The summed E-state index contributed by atoms with van der Waals surface area (Å²) in [5.74, 6) is 0.386. The number of nitrogens with one attached hydrogen (secondary N) is 1.